The molecule has 0 fully saturated rings. The lowest BCUT2D eigenvalue weighted by Crippen LogP contribution is -1.98. The summed E-state index contributed by atoms with van der Waals surface area (Å²) >= 11 is 0. The number of benzene rings is 1. The molecule has 3 nitrogen and oxygen atoms in total. The maximum atomic E-state index is 5.60. The highest BCUT2D eigenvalue weighted by atomic mass is 14.7. The van der Waals surface area contributed by atoms with Crippen LogP contribution in [0.4, 0.5) is 17.1 Å². The summed E-state index contributed by atoms with van der Waals surface area (Å²) in [6.45, 7) is 3.58. The van der Waals surface area contributed by atoms with Crippen LogP contribution >= 0.6 is 0 Å². The third-order valence-electron chi connectivity index (χ3n) is 1.47. The van der Waals surface area contributed by atoms with Gasteiger partial charge in [0.25, 0.3) is 0 Å². The minimum atomic E-state index is 0.567. The maximum absolute atomic E-state index is 5.60. The quantitative estimate of drug-likeness (QED) is 0.523. The van der Waals surface area contributed by atoms with Crippen LogP contribution in [0.5, 0.6) is 0 Å². The van der Waals surface area contributed by atoms with Gasteiger partial charge in [-0.15, -0.1) is 0 Å². The highest BCUT2D eigenvalue weighted by molar-refractivity contribution is 5.78. The first-order valence-electron chi connectivity index (χ1n) is 3.22. The predicted octanol–water partition coefficient (Wildman–Crippen LogP) is 1.08. The van der Waals surface area contributed by atoms with Crippen LogP contribution in [0.1, 0.15) is 5.56 Å². The molecule has 0 unspecified atom stereocenters. The zero-order chi connectivity index (χ0) is 8.43. The summed E-state index contributed by atoms with van der Waals surface area (Å²) in [6.07, 6.45) is 1.62. The Hall–Kier alpha value is -1.64. The number of nitrogen functional groups attached to an aromatic ring is 3. The zero-order valence-electron chi connectivity index (χ0n) is 6.17. The topological polar surface area (TPSA) is 78.1 Å². The summed E-state index contributed by atoms with van der Waals surface area (Å²) in [5, 5.41) is 0. The monoisotopic (exact) mass is 149 g/mol. The summed E-state index contributed by atoms with van der Waals surface area (Å²) in [5.74, 6) is 0. The van der Waals surface area contributed by atoms with E-state index >= 15 is 0 Å². The van der Waals surface area contributed by atoms with Gasteiger partial charge in [0.1, 0.15) is 0 Å². The number of anilines is 3. The van der Waals surface area contributed by atoms with Gasteiger partial charge in [0.05, 0.1) is 0 Å². The van der Waals surface area contributed by atoms with E-state index in [2.05, 4.69) is 6.58 Å². The van der Waals surface area contributed by atoms with Crippen molar-refractivity contribution < 1.29 is 0 Å². The lowest BCUT2D eigenvalue weighted by Gasteiger charge is -2.05. The second kappa shape index (κ2) is 2.54. The molecule has 0 amide bonds. The van der Waals surface area contributed by atoms with Crippen molar-refractivity contribution in [3.8, 4) is 0 Å². The first-order chi connectivity index (χ1) is 5.15. The molecule has 1 aromatic carbocycles. The van der Waals surface area contributed by atoms with Crippen molar-refractivity contribution in [2.75, 3.05) is 17.2 Å². The van der Waals surface area contributed by atoms with E-state index < -0.39 is 0 Å². The standard InChI is InChI=1S/C8H11N3/c1-2-6-7(10)3-5(9)4-8(6)11/h2-4H,1,9-11H2. The molecule has 0 aliphatic carbocycles. The molecule has 0 aromatic heterocycles. The van der Waals surface area contributed by atoms with Crippen molar-refractivity contribution in [1.29, 1.82) is 0 Å². The molecular formula is C8H11N3. The van der Waals surface area contributed by atoms with E-state index in [1.54, 1.807) is 18.2 Å². The molecule has 3 heteroatoms. The fourth-order valence-electron chi connectivity index (χ4n) is 0.959. The fraction of sp³-hybridized carbons (Fsp3) is 0. The maximum Gasteiger partial charge on any atom is 0.0428 e. The van der Waals surface area contributed by atoms with Gasteiger partial charge in [0.2, 0.25) is 0 Å². The van der Waals surface area contributed by atoms with E-state index in [4.69, 9.17) is 17.2 Å². The highest BCUT2D eigenvalue weighted by Gasteiger charge is 2.00. The predicted molar refractivity (Wildman–Crippen MR) is 49.8 cm³/mol. The molecule has 0 radical (unpaired) electrons. The van der Waals surface area contributed by atoms with Crippen LogP contribution in [0, 0.1) is 0 Å². The Balaban J connectivity index is 3.36. The SMILES string of the molecule is C=Cc1c(N)cc(N)cc1N. The highest BCUT2D eigenvalue weighted by Crippen LogP contribution is 2.23. The van der Waals surface area contributed by atoms with Crippen molar-refractivity contribution in [3.05, 3.63) is 24.3 Å². The molecule has 1 aromatic rings. The van der Waals surface area contributed by atoms with E-state index in [-0.39, 0.29) is 0 Å². The summed E-state index contributed by atoms with van der Waals surface area (Å²) in [5.41, 5.74) is 19.1. The van der Waals surface area contributed by atoms with Crippen LogP contribution in [-0.2, 0) is 0 Å². The minimum Gasteiger partial charge on any atom is -0.399 e. The average Bonchev–Trinajstić information content (AvgIpc) is 1.85. The Bertz CT molecular complexity index is 268. The van der Waals surface area contributed by atoms with Gasteiger partial charge in [-0.1, -0.05) is 12.7 Å². The van der Waals surface area contributed by atoms with E-state index in [1.807, 2.05) is 0 Å². The second-order valence-electron chi connectivity index (χ2n) is 2.32. The molecular weight excluding hydrogens is 138 g/mol. The first kappa shape index (κ1) is 7.47. The number of hydrogen-bond acceptors (Lipinski definition) is 3. The third-order valence-corrected chi connectivity index (χ3v) is 1.47. The minimum absolute atomic E-state index is 0.567. The molecule has 6 N–H and O–H groups in total. The molecule has 58 valence electrons. The Morgan fingerprint density at radius 2 is 1.55 bits per heavy atom. The molecule has 0 bridgehead atoms. The number of nitrogens with two attached hydrogens (primary N) is 3. The van der Waals surface area contributed by atoms with Crippen molar-refractivity contribution in [2.24, 2.45) is 0 Å². The first-order valence-corrected chi connectivity index (χ1v) is 3.22. The van der Waals surface area contributed by atoms with E-state index in [0.29, 0.717) is 17.1 Å². The molecule has 0 spiro atoms. The molecule has 0 saturated carbocycles. The van der Waals surface area contributed by atoms with E-state index in [1.165, 1.54) is 0 Å². The van der Waals surface area contributed by atoms with Crippen LogP contribution in [0.15, 0.2) is 18.7 Å². The van der Waals surface area contributed by atoms with Crippen molar-refractivity contribution in [2.45, 2.75) is 0 Å². The van der Waals surface area contributed by atoms with Gasteiger partial charge >= 0.3 is 0 Å². The van der Waals surface area contributed by atoms with Gasteiger partial charge in [-0.25, -0.2) is 0 Å². The average molecular weight is 149 g/mol. The van der Waals surface area contributed by atoms with Crippen LogP contribution < -0.4 is 17.2 Å². The lowest BCUT2D eigenvalue weighted by atomic mass is 10.1. The van der Waals surface area contributed by atoms with Crippen LogP contribution in [0.3, 0.4) is 0 Å². The molecule has 0 atom stereocenters. The van der Waals surface area contributed by atoms with E-state index in [9.17, 15) is 0 Å². The number of rotatable bonds is 1. The summed E-state index contributed by atoms with van der Waals surface area (Å²) in [4.78, 5) is 0. The van der Waals surface area contributed by atoms with E-state index in [0.717, 1.165) is 5.56 Å². The molecule has 0 aliphatic rings. The Morgan fingerprint density at radius 1 is 1.09 bits per heavy atom. The zero-order valence-corrected chi connectivity index (χ0v) is 6.17. The lowest BCUT2D eigenvalue weighted by molar-refractivity contribution is 1.62. The second-order valence-corrected chi connectivity index (χ2v) is 2.32. The third kappa shape index (κ3) is 1.26. The Kier molecular flexibility index (Phi) is 1.72. The Morgan fingerprint density at radius 3 is 1.91 bits per heavy atom. The van der Waals surface area contributed by atoms with Crippen molar-refractivity contribution in [1.82, 2.24) is 0 Å². The van der Waals surface area contributed by atoms with Gasteiger partial charge in [-0.3, -0.25) is 0 Å². The van der Waals surface area contributed by atoms with Gasteiger partial charge < -0.3 is 17.2 Å². The summed E-state index contributed by atoms with van der Waals surface area (Å²) in [7, 11) is 0. The van der Waals surface area contributed by atoms with Crippen molar-refractivity contribution >= 4 is 23.1 Å². The van der Waals surface area contributed by atoms with Gasteiger partial charge in [0, 0.05) is 22.6 Å². The van der Waals surface area contributed by atoms with Gasteiger partial charge in [-0.2, -0.15) is 0 Å². The smallest absolute Gasteiger partial charge is 0.0428 e. The fourth-order valence-corrected chi connectivity index (χ4v) is 0.959. The molecule has 0 saturated heterocycles. The van der Waals surface area contributed by atoms with Gasteiger partial charge in [0.15, 0.2) is 0 Å². The van der Waals surface area contributed by atoms with Crippen LogP contribution in [-0.4, -0.2) is 0 Å². The summed E-state index contributed by atoms with van der Waals surface area (Å²) in [6, 6.07) is 3.32. The molecule has 0 heterocycles. The Labute approximate surface area is 65.5 Å². The summed E-state index contributed by atoms with van der Waals surface area (Å²) < 4.78 is 0. The largest absolute Gasteiger partial charge is 0.399 e. The molecule has 1 rings (SSSR count). The normalized spacial score (nSPS) is 9.45. The number of hydrogen-bond donors (Lipinski definition) is 3. The van der Waals surface area contributed by atoms with Crippen molar-refractivity contribution in [3.63, 3.8) is 0 Å². The van der Waals surface area contributed by atoms with Gasteiger partial charge in [-0.05, 0) is 12.1 Å². The van der Waals surface area contributed by atoms with Crippen LogP contribution in [0.25, 0.3) is 6.08 Å². The molecule has 0 aliphatic heterocycles. The molecule has 11 heavy (non-hydrogen) atoms. The van der Waals surface area contributed by atoms with Crippen LogP contribution in [0.2, 0.25) is 0 Å².